The molecule has 8 heteroatoms. The first-order valence-corrected chi connectivity index (χ1v) is 5.55. The van der Waals surface area contributed by atoms with Crippen LogP contribution in [0.3, 0.4) is 0 Å². The van der Waals surface area contributed by atoms with Gasteiger partial charge in [-0.15, -0.1) is 16.4 Å². The summed E-state index contributed by atoms with van der Waals surface area (Å²) in [7, 11) is 0. The number of nitrogens with zero attached hydrogens (tertiary/aromatic N) is 2. The highest BCUT2D eigenvalue weighted by Crippen LogP contribution is 2.10. The number of nitrogens with one attached hydrogen (secondary N) is 2. The third-order valence-electron chi connectivity index (χ3n) is 2.00. The van der Waals surface area contributed by atoms with Crippen molar-refractivity contribution in [3.8, 4) is 0 Å². The van der Waals surface area contributed by atoms with Gasteiger partial charge in [0.25, 0.3) is 5.91 Å². The minimum absolute atomic E-state index is 0.00764. The second-order valence-corrected chi connectivity index (χ2v) is 4.19. The Morgan fingerprint density at radius 1 is 1.65 bits per heavy atom. The predicted molar refractivity (Wildman–Crippen MR) is 60.7 cm³/mol. The van der Waals surface area contributed by atoms with Crippen LogP contribution in [0, 0.1) is 10.1 Å². The zero-order chi connectivity index (χ0) is 12.3. The van der Waals surface area contributed by atoms with E-state index in [1.165, 1.54) is 11.3 Å². The molecule has 0 bridgehead atoms. The molecule has 0 atom stereocenters. The maximum Gasteiger partial charge on any atom is 0.343 e. The van der Waals surface area contributed by atoms with Gasteiger partial charge in [-0.2, -0.15) is 0 Å². The highest BCUT2D eigenvalue weighted by Gasteiger charge is 2.15. The molecule has 0 saturated heterocycles. The van der Waals surface area contributed by atoms with Crippen molar-refractivity contribution < 1.29 is 9.72 Å². The number of H-pyrrole nitrogens is 1. The molecule has 2 N–H and O–H groups in total. The van der Waals surface area contributed by atoms with Crippen LogP contribution < -0.4 is 5.32 Å². The highest BCUT2D eigenvalue weighted by molar-refractivity contribution is 7.09. The van der Waals surface area contributed by atoms with E-state index in [0.717, 1.165) is 10.9 Å². The second-order valence-electron chi connectivity index (χ2n) is 3.16. The molecule has 1 amide bonds. The molecule has 2 rings (SSSR count). The maximum absolute atomic E-state index is 11.6. The third kappa shape index (κ3) is 2.67. The monoisotopic (exact) mass is 252 g/mol. The van der Waals surface area contributed by atoms with Crippen molar-refractivity contribution in [2.24, 2.45) is 0 Å². The molecule has 7 nitrogen and oxygen atoms in total. The van der Waals surface area contributed by atoms with Crippen LogP contribution in [-0.2, 0) is 6.54 Å². The summed E-state index contributed by atoms with van der Waals surface area (Å²) in [6.45, 7) is 0.386. The van der Waals surface area contributed by atoms with Crippen molar-refractivity contribution in [2.45, 2.75) is 6.54 Å². The zero-order valence-corrected chi connectivity index (χ0v) is 9.36. The summed E-state index contributed by atoms with van der Waals surface area (Å²) < 4.78 is 0. The van der Waals surface area contributed by atoms with Gasteiger partial charge >= 0.3 is 5.82 Å². The molecule has 17 heavy (non-hydrogen) atoms. The highest BCUT2D eigenvalue weighted by atomic mass is 32.1. The van der Waals surface area contributed by atoms with Crippen LogP contribution in [0.25, 0.3) is 0 Å². The minimum atomic E-state index is -0.636. The van der Waals surface area contributed by atoms with Gasteiger partial charge in [0.15, 0.2) is 5.69 Å². The van der Waals surface area contributed by atoms with E-state index < -0.39 is 10.8 Å². The largest absolute Gasteiger partial charge is 0.358 e. The van der Waals surface area contributed by atoms with Crippen LogP contribution in [0.2, 0.25) is 0 Å². The van der Waals surface area contributed by atoms with Crippen LogP contribution in [0.4, 0.5) is 5.82 Å². The summed E-state index contributed by atoms with van der Waals surface area (Å²) in [5.74, 6) is -0.742. The van der Waals surface area contributed by atoms with Gasteiger partial charge in [0.2, 0.25) is 0 Å². The lowest BCUT2D eigenvalue weighted by atomic mass is 10.4. The minimum Gasteiger partial charge on any atom is -0.358 e. The third-order valence-corrected chi connectivity index (χ3v) is 2.87. The molecule has 0 fully saturated rings. The van der Waals surface area contributed by atoms with Gasteiger partial charge in [0, 0.05) is 4.88 Å². The molecule has 0 spiro atoms. The van der Waals surface area contributed by atoms with Gasteiger partial charge in [-0.05, 0) is 16.4 Å². The average molecular weight is 252 g/mol. The van der Waals surface area contributed by atoms with Gasteiger partial charge in [0.1, 0.15) is 0 Å². The number of amides is 1. The number of thiophene rings is 1. The number of carbonyl (C=O) groups is 1. The number of carbonyl (C=O) groups excluding carboxylic acids is 1. The van der Waals surface area contributed by atoms with E-state index in [2.05, 4.69) is 15.5 Å². The Morgan fingerprint density at radius 3 is 3.06 bits per heavy atom. The van der Waals surface area contributed by atoms with Gasteiger partial charge < -0.3 is 15.4 Å². The average Bonchev–Trinajstić information content (AvgIpc) is 2.96. The van der Waals surface area contributed by atoms with Gasteiger partial charge in [-0.25, -0.2) is 0 Å². The second kappa shape index (κ2) is 4.74. The lowest BCUT2D eigenvalue weighted by Gasteiger charge is -1.98. The van der Waals surface area contributed by atoms with Crippen molar-refractivity contribution in [1.82, 2.24) is 15.5 Å². The number of hydrogen-bond acceptors (Lipinski definition) is 5. The first-order chi connectivity index (χ1) is 8.16. The summed E-state index contributed by atoms with van der Waals surface area (Å²) in [6, 6.07) is 4.87. The molecule has 0 aliphatic rings. The molecule has 2 aromatic heterocycles. The van der Waals surface area contributed by atoms with Gasteiger partial charge in [0.05, 0.1) is 12.6 Å². The Morgan fingerprint density at radius 2 is 2.47 bits per heavy atom. The van der Waals surface area contributed by atoms with Gasteiger partial charge in [-0.3, -0.25) is 4.79 Å². The summed E-state index contributed by atoms with van der Waals surface area (Å²) in [6.07, 6.45) is 0. The SMILES string of the molecule is O=C(NCc1cccs1)c1cc([N+](=O)[O-])[nH]n1. The van der Waals surface area contributed by atoms with Crippen molar-refractivity contribution in [3.05, 3.63) is 44.3 Å². The van der Waals surface area contributed by atoms with E-state index in [0.29, 0.717) is 6.54 Å². The molecular formula is C9H8N4O3S. The standard InChI is InChI=1S/C9H8N4O3S/c14-9(10-5-6-2-1-3-17-6)7-4-8(12-11-7)13(15)16/h1-4H,5H2,(H,10,14)(H,11,12). The smallest absolute Gasteiger partial charge is 0.343 e. The van der Waals surface area contributed by atoms with E-state index in [9.17, 15) is 14.9 Å². The van der Waals surface area contributed by atoms with Crippen molar-refractivity contribution in [2.75, 3.05) is 0 Å². The fourth-order valence-electron chi connectivity index (χ4n) is 1.19. The van der Waals surface area contributed by atoms with Crippen molar-refractivity contribution in [3.63, 3.8) is 0 Å². The van der Waals surface area contributed by atoms with E-state index in [1.807, 2.05) is 17.5 Å². The van der Waals surface area contributed by atoms with Crippen LogP contribution in [0.15, 0.2) is 23.6 Å². The Kier molecular flexibility index (Phi) is 3.15. The Balaban J connectivity index is 1.97. The zero-order valence-electron chi connectivity index (χ0n) is 8.54. The van der Waals surface area contributed by atoms with E-state index in [-0.39, 0.29) is 11.5 Å². The van der Waals surface area contributed by atoms with E-state index in [1.54, 1.807) is 0 Å². The van der Waals surface area contributed by atoms with Crippen LogP contribution in [0.1, 0.15) is 15.4 Å². The summed E-state index contributed by atoms with van der Waals surface area (Å²) in [4.78, 5) is 22.3. The lowest BCUT2D eigenvalue weighted by Crippen LogP contribution is -2.22. The Bertz CT molecular complexity index is 534. The number of rotatable bonds is 4. The van der Waals surface area contributed by atoms with Crippen molar-refractivity contribution in [1.29, 1.82) is 0 Å². The first-order valence-electron chi connectivity index (χ1n) is 4.67. The molecule has 88 valence electrons. The topological polar surface area (TPSA) is 101 Å². The molecule has 0 saturated carbocycles. The normalized spacial score (nSPS) is 10.1. The Labute approximate surface area is 99.6 Å². The number of aromatic amines is 1. The molecular weight excluding hydrogens is 244 g/mol. The fraction of sp³-hybridized carbons (Fsp3) is 0.111. The van der Waals surface area contributed by atoms with Gasteiger partial charge in [-0.1, -0.05) is 11.2 Å². The van der Waals surface area contributed by atoms with Crippen LogP contribution in [-0.4, -0.2) is 21.0 Å². The predicted octanol–water partition coefficient (Wildman–Crippen LogP) is 1.31. The maximum atomic E-state index is 11.6. The molecule has 0 aromatic carbocycles. The molecule has 2 aromatic rings. The number of nitro groups is 1. The quantitative estimate of drug-likeness (QED) is 0.632. The molecule has 0 aliphatic carbocycles. The molecule has 0 aliphatic heterocycles. The van der Waals surface area contributed by atoms with E-state index in [4.69, 9.17) is 0 Å². The number of hydrogen-bond donors (Lipinski definition) is 2. The lowest BCUT2D eigenvalue weighted by molar-refractivity contribution is -0.389. The summed E-state index contributed by atoms with van der Waals surface area (Å²) in [5.41, 5.74) is 0.00764. The summed E-state index contributed by atoms with van der Waals surface area (Å²) in [5, 5.41) is 20.6. The van der Waals surface area contributed by atoms with Crippen molar-refractivity contribution >= 4 is 23.1 Å². The fourth-order valence-corrected chi connectivity index (χ4v) is 1.84. The number of aromatic nitrogens is 2. The molecule has 0 unspecified atom stereocenters. The first kappa shape index (κ1) is 11.3. The molecule has 2 heterocycles. The Hall–Kier alpha value is -2.22. The van der Waals surface area contributed by atoms with E-state index >= 15 is 0 Å². The molecule has 0 radical (unpaired) electrons. The summed E-state index contributed by atoms with van der Waals surface area (Å²) >= 11 is 1.52. The van der Waals surface area contributed by atoms with Crippen LogP contribution >= 0.6 is 11.3 Å². The van der Waals surface area contributed by atoms with Crippen LogP contribution in [0.5, 0.6) is 0 Å².